The highest BCUT2D eigenvalue weighted by molar-refractivity contribution is 7.90. The Morgan fingerprint density at radius 1 is 1.10 bits per heavy atom. The maximum atomic E-state index is 12.1. The van der Waals surface area contributed by atoms with Gasteiger partial charge in [-0.15, -0.1) is 4.40 Å². The van der Waals surface area contributed by atoms with E-state index in [-0.39, 0.29) is 16.4 Å². The number of rotatable bonds is 4. The molecule has 0 atom stereocenters. The second-order valence-electron chi connectivity index (χ2n) is 6.16. The molecule has 0 bridgehead atoms. The zero-order valence-electron chi connectivity index (χ0n) is 15.1. The van der Waals surface area contributed by atoms with Crippen molar-refractivity contribution in [3.8, 4) is 11.3 Å². The number of non-ortho nitro benzene ring substituents is 1. The Morgan fingerprint density at radius 2 is 1.83 bits per heavy atom. The first kappa shape index (κ1) is 18.6. The number of nitro groups is 1. The summed E-state index contributed by atoms with van der Waals surface area (Å²) in [5.74, 6) is 1.18. The topological polar surface area (TPSA) is 118 Å². The second kappa shape index (κ2) is 6.99. The largest absolute Gasteiger partial charge is 0.455 e. The lowest BCUT2D eigenvalue weighted by molar-refractivity contribution is -0.384. The monoisotopic (exact) mass is 410 g/mol. The summed E-state index contributed by atoms with van der Waals surface area (Å²) >= 11 is 0. The number of nitro benzene ring substituents is 1. The maximum absolute atomic E-state index is 12.1. The molecular weight excluding hydrogens is 396 g/mol. The third-order valence-electron chi connectivity index (χ3n) is 4.27. The molecule has 0 unspecified atom stereocenters. The minimum Gasteiger partial charge on any atom is -0.455 e. The highest BCUT2D eigenvalue weighted by Crippen LogP contribution is 2.27. The lowest BCUT2D eigenvalue weighted by atomic mass is 10.1. The van der Waals surface area contributed by atoms with Gasteiger partial charge in [-0.05, 0) is 36.4 Å². The van der Waals surface area contributed by atoms with Crippen molar-refractivity contribution in [2.45, 2.75) is 4.90 Å². The normalized spacial score (nSPS) is 14.6. The fourth-order valence-corrected chi connectivity index (χ4v) is 4.08. The van der Waals surface area contributed by atoms with Gasteiger partial charge in [-0.2, -0.15) is 13.5 Å². The van der Waals surface area contributed by atoms with E-state index < -0.39 is 14.9 Å². The number of hydrazone groups is 1. The quantitative estimate of drug-likeness (QED) is 0.370. The van der Waals surface area contributed by atoms with Gasteiger partial charge in [-0.1, -0.05) is 12.1 Å². The number of hydrogen-bond acceptors (Lipinski definition) is 7. The first-order valence-corrected chi connectivity index (χ1v) is 9.86. The molecule has 0 fully saturated rings. The van der Waals surface area contributed by atoms with Gasteiger partial charge in [0, 0.05) is 30.3 Å². The van der Waals surface area contributed by atoms with Crippen LogP contribution in [0, 0.1) is 10.1 Å². The Bertz CT molecular complexity index is 1260. The average molecular weight is 410 g/mol. The Balaban J connectivity index is 1.54. The number of hydrogen-bond donors (Lipinski definition) is 0. The van der Waals surface area contributed by atoms with Gasteiger partial charge in [0.25, 0.3) is 15.7 Å². The predicted molar refractivity (Wildman–Crippen MR) is 106 cm³/mol. The molecule has 2 heterocycles. The van der Waals surface area contributed by atoms with Crippen LogP contribution in [0.5, 0.6) is 0 Å². The van der Waals surface area contributed by atoms with Gasteiger partial charge >= 0.3 is 0 Å². The average Bonchev–Trinajstić information content (AvgIpc) is 3.29. The SMILES string of the molecule is CN(/N=C/c1ccc(-c2ccc([N+](=O)[O-])cc2)o1)C1=NS(=O)(=O)c2ccccc21. The van der Waals surface area contributed by atoms with Crippen molar-refractivity contribution in [2.75, 3.05) is 7.05 Å². The summed E-state index contributed by atoms with van der Waals surface area (Å²) in [5.41, 5.74) is 1.17. The molecule has 1 aliphatic heterocycles. The molecule has 0 saturated carbocycles. The number of amidine groups is 1. The number of nitrogens with zero attached hydrogens (tertiary/aromatic N) is 4. The van der Waals surface area contributed by atoms with E-state index in [4.69, 9.17) is 4.42 Å². The smallest absolute Gasteiger partial charge is 0.285 e. The standard InChI is InChI=1S/C19H14N4O5S/c1-22(19-16-4-2-3-5-18(16)29(26,27)21-19)20-12-15-10-11-17(28-15)13-6-8-14(9-7-13)23(24)25/h2-12H,1H3/b20-12+. The van der Waals surface area contributed by atoms with Crippen molar-refractivity contribution in [2.24, 2.45) is 9.50 Å². The van der Waals surface area contributed by atoms with Crippen molar-refractivity contribution in [1.29, 1.82) is 0 Å². The summed E-state index contributed by atoms with van der Waals surface area (Å²) in [7, 11) is -2.13. The van der Waals surface area contributed by atoms with Gasteiger partial charge in [0.05, 0.1) is 11.1 Å². The minimum absolute atomic E-state index is 0.00344. The Hall–Kier alpha value is -3.79. The second-order valence-corrected chi connectivity index (χ2v) is 7.73. The first-order valence-electron chi connectivity index (χ1n) is 8.42. The Kier molecular flexibility index (Phi) is 4.47. The van der Waals surface area contributed by atoms with Crippen molar-refractivity contribution < 1.29 is 17.8 Å². The van der Waals surface area contributed by atoms with E-state index in [1.54, 1.807) is 49.5 Å². The van der Waals surface area contributed by atoms with Gasteiger partial charge in [0.15, 0.2) is 5.84 Å². The van der Waals surface area contributed by atoms with Gasteiger partial charge in [-0.25, -0.2) is 5.01 Å². The molecule has 0 N–H and O–H groups in total. The Labute approximate surface area is 165 Å². The highest BCUT2D eigenvalue weighted by Gasteiger charge is 2.30. The molecule has 2 aromatic carbocycles. The summed E-state index contributed by atoms with van der Waals surface area (Å²) in [5, 5.41) is 16.3. The van der Waals surface area contributed by atoms with Crippen LogP contribution < -0.4 is 0 Å². The summed E-state index contributed by atoms with van der Waals surface area (Å²) < 4.78 is 33.8. The summed E-state index contributed by atoms with van der Waals surface area (Å²) in [6.07, 6.45) is 1.44. The van der Waals surface area contributed by atoms with E-state index in [1.165, 1.54) is 29.4 Å². The molecule has 146 valence electrons. The number of benzene rings is 2. The van der Waals surface area contributed by atoms with Gasteiger partial charge in [-0.3, -0.25) is 10.1 Å². The molecule has 1 aliphatic rings. The van der Waals surface area contributed by atoms with Crippen LogP contribution in [-0.4, -0.2) is 37.4 Å². The zero-order chi connectivity index (χ0) is 20.6. The fraction of sp³-hybridized carbons (Fsp3) is 0.0526. The van der Waals surface area contributed by atoms with Crippen LogP contribution in [0.1, 0.15) is 11.3 Å². The molecule has 4 rings (SSSR count). The summed E-state index contributed by atoms with van der Waals surface area (Å²) in [4.78, 5) is 10.4. The molecule has 10 heteroatoms. The predicted octanol–water partition coefficient (Wildman–Crippen LogP) is 3.27. The molecule has 9 nitrogen and oxygen atoms in total. The molecule has 0 aliphatic carbocycles. The highest BCUT2D eigenvalue weighted by atomic mass is 32.2. The lowest BCUT2D eigenvalue weighted by Crippen LogP contribution is -2.21. The van der Waals surface area contributed by atoms with Gasteiger partial charge in [0.2, 0.25) is 0 Å². The number of furan rings is 1. The zero-order valence-corrected chi connectivity index (χ0v) is 15.9. The van der Waals surface area contributed by atoms with Gasteiger partial charge < -0.3 is 4.42 Å². The Morgan fingerprint density at radius 3 is 2.55 bits per heavy atom. The fourth-order valence-electron chi connectivity index (χ4n) is 2.84. The van der Waals surface area contributed by atoms with Crippen molar-refractivity contribution in [1.82, 2.24) is 5.01 Å². The van der Waals surface area contributed by atoms with E-state index in [0.717, 1.165) is 0 Å². The molecular formula is C19H14N4O5S. The van der Waals surface area contributed by atoms with Crippen LogP contribution in [0.4, 0.5) is 5.69 Å². The molecule has 0 spiro atoms. The van der Waals surface area contributed by atoms with Crippen LogP contribution in [0.3, 0.4) is 0 Å². The number of fused-ring (bicyclic) bond motifs is 1. The van der Waals surface area contributed by atoms with E-state index in [9.17, 15) is 18.5 Å². The van der Waals surface area contributed by atoms with Crippen molar-refractivity contribution in [3.05, 3.63) is 82.1 Å². The van der Waals surface area contributed by atoms with Crippen molar-refractivity contribution in [3.63, 3.8) is 0 Å². The molecule has 0 radical (unpaired) electrons. The molecule has 0 saturated heterocycles. The van der Waals surface area contributed by atoms with Crippen LogP contribution in [0.15, 0.2) is 79.5 Å². The van der Waals surface area contributed by atoms with E-state index >= 15 is 0 Å². The van der Waals surface area contributed by atoms with E-state index in [0.29, 0.717) is 22.6 Å². The third kappa shape index (κ3) is 3.52. The molecule has 3 aromatic rings. The van der Waals surface area contributed by atoms with Crippen molar-refractivity contribution >= 4 is 27.8 Å². The van der Waals surface area contributed by atoms with Crippen LogP contribution in [0.25, 0.3) is 11.3 Å². The third-order valence-corrected chi connectivity index (χ3v) is 5.59. The molecule has 0 amide bonds. The lowest BCUT2D eigenvalue weighted by Gasteiger charge is -2.11. The van der Waals surface area contributed by atoms with Crippen LogP contribution in [-0.2, 0) is 10.0 Å². The van der Waals surface area contributed by atoms with Crippen LogP contribution in [0.2, 0.25) is 0 Å². The minimum atomic E-state index is -3.72. The number of sulfonamides is 1. The molecule has 29 heavy (non-hydrogen) atoms. The maximum Gasteiger partial charge on any atom is 0.285 e. The van der Waals surface area contributed by atoms with Crippen LogP contribution >= 0.6 is 0 Å². The van der Waals surface area contributed by atoms with Gasteiger partial charge in [0.1, 0.15) is 16.4 Å². The summed E-state index contributed by atoms with van der Waals surface area (Å²) in [6, 6.07) is 15.9. The summed E-state index contributed by atoms with van der Waals surface area (Å²) in [6.45, 7) is 0. The molecule has 1 aromatic heterocycles. The van der Waals surface area contributed by atoms with E-state index in [1.807, 2.05) is 0 Å². The van der Waals surface area contributed by atoms with E-state index in [2.05, 4.69) is 9.50 Å². The first-order chi connectivity index (χ1) is 13.8.